The molecule has 26 heavy (non-hydrogen) atoms. The maximum Gasteiger partial charge on any atom is 0.323 e. The molecule has 0 aliphatic carbocycles. The molecule has 7 heteroatoms. The number of rotatable bonds is 5. The average Bonchev–Trinajstić information content (AvgIpc) is 3.21. The number of nitrogens with zero attached hydrogens (tertiary/aromatic N) is 3. The smallest absolute Gasteiger partial charge is 0.323 e. The third-order valence-corrected chi connectivity index (χ3v) is 4.56. The summed E-state index contributed by atoms with van der Waals surface area (Å²) in [5.74, 6) is 0.162. The van der Waals surface area contributed by atoms with Crippen LogP contribution in [-0.4, -0.2) is 52.8 Å². The van der Waals surface area contributed by atoms with E-state index in [2.05, 4.69) is 10.4 Å². The van der Waals surface area contributed by atoms with Crippen molar-refractivity contribution in [1.29, 1.82) is 0 Å². The van der Waals surface area contributed by atoms with Gasteiger partial charge in [-0.2, -0.15) is 5.10 Å². The Morgan fingerprint density at radius 2 is 2.00 bits per heavy atom. The molecule has 2 aromatic rings. The summed E-state index contributed by atoms with van der Waals surface area (Å²) in [6.45, 7) is 4.77. The number of hydrogen-bond donors (Lipinski definition) is 1. The number of benzene rings is 1. The number of carbonyl (C=O) groups is 2. The molecule has 1 aliphatic rings. The van der Waals surface area contributed by atoms with E-state index in [1.54, 1.807) is 4.68 Å². The van der Waals surface area contributed by atoms with E-state index in [4.69, 9.17) is 4.74 Å². The number of hydrogen-bond acceptors (Lipinski definition) is 5. The number of aryl methyl sites for hydroxylation is 2. The number of anilines is 1. The normalized spacial score (nSPS) is 17.3. The Labute approximate surface area is 152 Å². The van der Waals surface area contributed by atoms with E-state index in [1.807, 2.05) is 49.1 Å². The molecule has 0 radical (unpaired) electrons. The van der Waals surface area contributed by atoms with Crippen molar-refractivity contribution >= 4 is 17.7 Å². The lowest BCUT2D eigenvalue weighted by molar-refractivity contribution is -0.146. The molecule has 2 heterocycles. The Hall–Kier alpha value is -2.67. The molecular weight excluding hydrogens is 332 g/mol. The molecule has 1 aromatic carbocycles. The number of methoxy groups -OCH3 is 1. The van der Waals surface area contributed by atoms with Gasteiger partial charge in [-0.3, -0.25) is 14.5 Å². The first kappa shape index (κ1) is 18.1. The van der Waals surface area contributed by atoms with Gasteiger partial charge in [-0.25, -0.2) is 4.68 Å². The predicted octanol–water partition coefficient (Wildman–Crippen LogP) is 2.07. The van der Waals surface area contributed by atoms with Gasteiger partial charge in [-0.05, 0) is 45.4 Å². The Morgan fingerprint density at radius 1 is 1.27 bits per heavy atom. The van der Waals surface area contributed by atoms with Crippen molar-refractivity contribution in [2.45, 2.75) is 32.7 Å². The van der Waals surface area contributed by atoms with Crippen LogP contribution in [0.15, 0.2) is 30.3 Å². The van der Waals surface area contributed by atoms with Crippen molar-refractivity contribution in [3.8, 4) is 5.69 Å². The van der Waals surface area contributed by atoms with Gasteiger partial charge in [0, 0.05) is 6.07 Å². The van der Waals surface area contributed by atoms with Crippen LogP contribution >= 0.6 is 0 Å². The maximum absolute atomic E-state index is 12.5. The summed E-state index contributed by atoms with van der Waals surface area (Å²) in [6, 6.07) is 9.43. The highest BCUT2D eigenvalue weighted by Crippen LogP contribution is 2.20. The van der Waals surface area contributed by atoms with E-state index < -0.39 is 0 Å². The third kappa shape index (κ3) is 3.94. The number of aromatic nitrogens is 2. The summed E-state index contributed by atoms with van der Waals surface area (Å²) >= 11 is 0. The van der Waals surface area contributed by atoms with Crippen LogP contribution in [0.4, 0.5) is 5.82 Å². The van der Waals surface area contributed by atoms with Gasteiger partial charge >= 0.3 is 5.97 Å². The van der Waals surface area contributed by atoms with Crippen molar-refractivity contribution in [2.24, 2.45) is 0 Å². The molecule has 1 atom stereocenters. The van der Waals surface area contributed by atoms with Crippen LogP contribution in [0.25, 0.3) is 5.69 Å². The molecule has 1 saturated heterocycles. The molecule has 1 unspecified atom stereocenters. The van der Waals surface area contributed by atoms with Crippen LogP contribution in [0.3, 0.4) is 0 Å². The van der Waals surface area contributed by atoms with Gasteiger partial charge in [0.15, 0.2) is 0 Å². The molecule has 7 nitrogen and oxygen atoms in total. The maximum atomic E-state index is 12.5. The van der Waals surface area contributed by atoms with E-state index in [9.17, 15) is 9.59 Å². The Morgan fingerprint density at radius 3 is 2.69 bits per heavy atom. The highest BCUT2D eigenvalue weighted by Gasteiger charge is 2.32. The summed E-state index contributed by atoms with van der Waals surface area (Å²) in [4.78, 5) is 26.2. The summed E-state index contributed by atoms with van der Waals surface area (Å²) in [5, 5.41) is 7.38. The summed E-state index contributed by atoms with van der Waals surface area (Å²) in [6.07, 6.45) is 1.60. The predicted molar refractivity (Wildman–Crippen MR) is 98.3 cm³/mol. The molecular formula is C19H24N4O3. The van der Waals surface area contributed by atoms with Crippen LogP contribution in [0, 0.1) is 13.8 Å². The lowest BCUT2D eigenvalue weighted by Crippen LogP contribution is -2.41. The minimum absolute atomic E-state index is 0.151. The van der Waals surface area contributed by atoms with Gasteiger partial charge in [0.25, 0.3) is 0 Å². The van der Waals surface area contributed by atoms with Crippen LogP contribution in [-0.2, 0) is 14.3 Å². The van der Waals surface area contributed by atoms with Crippen molar-refractivity contribution < 1.29 is 14.3 Å². The monoisotopic (exact) mass is 356 g/mol. The standard InChI is InChI=1S/C19H24N4O3/c1-13-6-8-15(9-7-13)23-17(11-14(2)21-23)20-18(24)12-22-10-4-5-16(22)19(25)26-3/h6-9,11,16H,4-5,10,12H2,1-3H3,(H,20,24). The lowest BCUT2D eigenvalue weighted by Gasteiger charge is -2.21. The third-order valence-electron chi connectivity index (χ3n) is 4.56. The van der Waals surface area contributed by atoms with Crippen LogP contribution in [0.2, 0.25) is 0 Å². The number of amides is 1. The van der Waals surface area contributed by atoms with Gasteiger partial charge in [0.1, 0.15) is 11.9 Å². The quantitative estimate of drug-likeness (QED) is 0.830. The number of carbonyl (C=O) groups excluding carboxylic acids is 2. The van der Waals surface area contributed by atoms with E-state index >= 15 is 0 Å². The second-order valence-corrected chi connectivity index (χ2v) is 6.62. The number of esters is 1. The van der Waals surface area contributed by atoms with E-state index in [0.29, 0.717) is 12.4 Å². The first-order chi connectivity index (χ1) is 12.5. The van der Waals surface area contributed by atoms with Crippen molar-refractivity contribution in [3.63, 3.8) is 0 Å². The van der Waals surface area contributed by atoms with E-state index in [1.165, 1.54) is 7.11 Å². The van der Waals surface area contributed by atoms with Gasteiger partial charge < -0.3 is 10.1 Å². The molecule has 0 saturated carbocycles. The average molecular weight is 356 g/mol. The number of nitrogens with one attached hydrogen (secondary N) is 1. The SMILES string of the molecule is COC(=O)C1CCCN1CC(=O)Nc1cc(C)nn1-c1ccc(C)cc1. The second kappa shape index (κ2) is 7.70. The van der Waals surface area contributed by atoms with Gasteiger partial charge in [-0.15, -0.1) is 0 Å². The van der Waals surface area contributed by atoms with Crippen LogP contribution < -0.4 is 5.32 Å². The molecule has 1 amide bonds. The molecule has 1 aromatic heterocycles. The Kier molecular flexibility index (Phi) is 5.37. The fourth-order valence-electron chi connectivity index (χ4n) is 3.26. The molecule has 3 rings (SSSR count). The number of likely N-dealkylation sites (tertiary alicyclic amines) is 1. The Bertz CT molecular complexity index is 798. The minimum atomic E-state index is -0.338. The second-order valence-electron chi connectivity index (χ2n) is 6.62. The van der Waals surface area contributed by atoms with E-state index in [-0.39, 0.29) is 24.5 Å². The summed E-state index contributed by atoms with van der Waals surface area (Å²) < 4.78 is 6.54. The zero-order valence-corrected chi connectivity index (χ0v) is 15.4. The van der Waals surface area contributed by atoms with Crippen molar-refractivity contribution in [3.05, 3.63) is 41.6 Å². The highest BCUT2D eigenvalue weighted by molar-refractivity contribution is 5.92. The molecule has 138 valence electrons. The van der Waals surface area contributed by atoms with Crippen molar-refractivity contribution in [1.82, 2.24) is 14.7 Å². The summed E-state index contributed by atoms with van der Waals surface area (Å²) in [5.41, 5.74) is 2.85. The van der Waals surface area contributed by atoms with Crippen LogP contribution in [0.5, 0.6) is 0 Å². The minimum Gasteiger partial charge on any atom is -0.468 e. The van der Waals surface area contributed by atoms with Crippen LogP contribution in [0.1, 0.15) is 24.1 Å². The molecule has 0 spiro atoms. The number of ether oxygens (including phenoxy) is 1. The van der Waals surface area contributed by atoms with Gasteiger partial charge in [0.2, 0.25) is 5.91 Å². The molecule has 0 bridgehead atoms. The van der Waals surface area contributed by atoms with E-state index in [0.717, 1.165) is 29.8 Å². The lowest BCUT2D eigenvalue weighted by atomic mass is 10.2. The first-order valence-electron chi connectivity index (χ1n) is 8.73. The zero-order valence-electron chi connectivity index (χ0n) is 15.4. The Balaban J connectivity index is 1.72. The fraction of sp³-hybridized carbons (Fsp3) is 0.421. The molecule has 1 N–H and O–H groups in total. The fourth-order valence-corrected chi connectivity index (χ4v) is 3.26. The van der Waals surface area contributed by atoms with Gasteiger partial charge in [0.05, 0.1) is 25.0 Å². The van der Waals surface area contributed by atoms with Crippen molar-refractivity contribution in [2.75, 3.05) is 25.5 Å². The first-order valence-corrected chi connectivity index (χ1v) is 8.73. The largest absolute Gasteiger partial charge is 0.468 e. The zero-order chi connectivity index (χ0) is 18.7. The molecule has 1 fully saturated rings. The van der Waals surface area contributed by atoms with Gasteiger partial charge in [-0.1, -0.05) is 17.7 Å². The topological polar surface area (TPSA) is 76.5 Å². The highest BCUT2D eigenvalue weighted by atomic mass is 16.5. The molecule has 1 aliphatic heterocycles. The summed E-state index contributed by atoms with van der Waals surface area (Å²) in [7, 11) is 1.38.